The van der Waals surface area contributed by atoms with Crippen LogP contribution < -0.4 is 10.4 Å². The van der Waals surface area contributed by atoms with Gasteiger partial charge in [0.25, 0.3) is 0 Å². The lowest BCUT2D eigenvalue weighted by molar-refractivity contribution is 0.326. The van der Waals surface area contributed by atoms with E-state index in [2.05, 4.69) is 31.1 Å². The number of ether oxygens (including phenoxy) is 1. The second-order valence-electron chi connectivity index (χ2n) is 5.94. The van der Waals surface area contributed by atoms with E-state index in [9.17, 15) is 4.79 Å². The van der Waals surface area contributed by atoms with Crippen molar-refractivity contribution < 1.29 is 9.15 Å². The van der Waals surface area contributed by atoms with Gasteiger partial charge in [-0.2, -0.15) is 0 Å². The molecule has 110 valence electrons. The minimum Gasteiger partial charge on any atom is -0.492 e. The zero-order valence-corrected chi connectivity index (χ0v) is 13.7. The topological polar surface area (TPSA) is 39.4 Å². The minimum atomic E-state index is -1.19. The molecule has 21 heavy (non-hydrogen) atoms. The van der Waals surface area contributed by atoms with Crippen molar-refractivity contribution in [1.82, 2.24) is 0 Å². The summed E-state index contributed by atoms with van der Waals surface area (Å²) in [6.45, 7) is 7.30. The summed E-state index contributed by atoms with van der Waals surface area (Å²) < 4.78 is 10.8. The number of hydrogen-bond acceptors (Lipinski definition) is 3. The Morgan fingerprint density at radius 3 is 2.81 bits per heavy atom. The van der Waals surface area contributed by atoms with E-state index in [1.54, 1.807) is 6.07 Å². The molecule has 0 aliphatic carbocycles. The molecular weight excluding hydrogens is 280 g/mol. The SMILES string of the molecule is C[Si](C)(C)C=C=CCCOc1cc(=O)oc2ccccc12. The highest BCUT2D eigenvalue weighted by Gasteiger charge is 2.06. The quantitative estimate of drug-likeness (QED) is 0.360. The Morgan fingerprint density at radius 1 is 1.29 bits per heavy atom. The Kier molecular flexibility index (Phi) is 4.84. The molecule has 0 saturated heterocycles. The first kappa shape index (κ1) is 15.4. The molecule has 0 aliphatic heterocycles. The molecule has 0 radical (unpaired) electrons. The summed E-state index contributed by atoms with van der Waals surface area (Å²) in [5.74, 6) is 0.574. The Morgan fingerprint density at radius 2 is 2.05 bits per heavy atom. The molecule has 0 bridgehead atoms. The number of benzene rings is 1. The molecule has 3 nitrogen and oxygen atoms in total. The Labute approximate surface area is 125 Å². The van der Waals surface area contributed by atoms with E-state index in [0.29, 0.717) is 17.9 Å². The van der Waals surface area contributed by atoms with Crippen LogP contribution in [-0.4, -0.2) is 14.7 Å². The van der Waals surface area contributed by atoms with Crippen LogP contribution in [0.2, 0.25) is 19.6 Å². The van der Waals surface area contributed by atoms with Gasteiger partial charge in [0.1, 0.15) is 11.3 Å². The van der Waals surface area contributed by atoms with Crippen LogP contribution >= 0.6 is 0 Å². The van der Waals surface area contributed by atoms with Crippen LogP contribution in [0.1, 0.15) is 6.42 Å². The van der Waals surface area contributed by atoms with Crippen LogP contribution in [0.15, 0.2) is 57.1 Å². The van der Waals surface area contributed by atoms with Gasteiger partial charge in [0, 0.05) is 6.42 Å². The fraction of sp³-hybridized carbons (Fsp3) is 0.294. The number of para-hydroxylation sites is 1. The third-order valence-electron chi connectivity index (χ3n) is 2.77. The molecule has 0 unspecified atom stereocenters. The van der Waals surface area contributed by atoms with E-state index in [0.717, 1.165) is 11.8 Å². The van der Waals surface area contributed by atoms with Gasteiger partial charge >= 0.3 is 5.63 Å². The van der Waals surface area contributed by atoms with E-state index >= 15 is 0 Å². The highest BCUT2D eigenvalue weighted by molar-refractivity contribution is 6.80. The van der Waals surface area contributed by atoms with Gasteiger partial charge in [-0.3, -0.25) is 0 Å². The maximum Gasteiger partial charge on any atom is 0.339 e. The van der Waals surface area contributed by atoms with Crippen LogP contribution in [0.4, 0.5) is 0 Å². The van der Waals surface area contributed by atoms with Crippen LogP contribution in [-0.2, 0) is 0 Å². The zero-order chi connectivity index (χ0) is 15.3. The summed E-state index contributed by atoms with van der Waals surface area (Å²) in [6, 6.07) is 8.77. The summed E-state index contributed by atoms with van der Waals surface area (Å²) >= 11 is 0. The lowest BCUT2D eigenvalue weighted by Gasteiger charge is -2.07. The van der Waals surface area contributed by atoms with E-state index in [1.807, 2.05) is 24.3 Å². The fourth-order valence-corrected chi connectivity index (χ4v) is 2.44. The van der Waals surface area contributed by atoms with Gasteiger partial charge in [0.15, 0.2) is 0 Å². The molecule has 0 aliphatic rings. The Hall–Kier alpha value is -2.03. The van der Waals surface area contributed by atoms with Crippen LogP contribution in [0.5, 0.6) is 5.75 Å². The molecule has 2 aromatic rings. The maximum absolute atomic E-state index is 11.5. The summed E-state index contributed by atoms with van der Waals surface area (Å²) in [6.07, 6.45) is 2.74. The van der Waals surface area contributed by atoms with Crippen molar-refractivity contribution in [2.24, 2.45) is 0 Å². The van der Waals surface area contributed by atoms with Gasteiger partial charge in [0.2, 0.25) is 0 Å². The van der Waals surface area contributed by atoms with Gasteiger partial charge in [-0.25, -0.2) is 4.79 Å². The van der Waals surface area contributed by atoms with Crippen molar-refractivity contribution in [3.05, 3.63) is 58.3 Å². The fourth-order valence-electron chi connectivity index (χ4n) is 1.82. The van der Waals surface area contributed by atoms with Gasteiger partial charge < -0.3 is 9.15 Å². The van der Waals surface area contributed by atoms with Gasteiger partial charge in [-0.05, 0) is 18.2 Å². The molecule has 0 fully saturated rings. The van der Waals surface area contributed by atoms with Gasteiger partial charge in [-0.15, -0.1) is 5.73 Å². The summed E-state index contributed by atoms with van der Waals surface area (Å²) in [7, 11) is -1.19. The van der Waals surface area contributed by atoms with E-state index < -0.39 is 13.7 Å². The van der Waals surface area contributed by atoms with E-state index in [-0.39, 0.29) is 0 Å². The average Bonchev–Trinajstić information content (AvgIpc) is 2.41. The number of hydrogen-bond donors (Lipinski definition) is 0. The lowest BCUT2D eigenvalue weighted by atomic mass is 10.2. The standard InChI is InChI=1S/C17H20O3Si/c1-21(2,3)12-8-4-7-11-19-16-13-17(18)20-15-10-6-5-9-14(15)16/h4-6,9-10,12-13H,7,11H2,1-3H3. The summed E-state index contributed by atoms with van der Waals surface area (Å²) in [5.41, 5.74) is 5.54. The molecule has 2 rings (SSSR count). The van der Waals surface area contributed by atoms with Crippen molar-refractivity contribution in [2.75, 3.05) is 6.61 Å². The molecule has 0 atom stereocenters. The third-order valence-corrected chi connectivity index (χ3v) is 3.80. The predicted molar refractivity (Wildman–Crippen MR) is 88.6 cm³/mol. The molecular formula is C17H20O3Si. The zero-order valence-electron chi connectivity index (χ0n) is 12.7. The first-order chi connectivity index (χ1) is 9.96. The smallest absolute Gasteiger partial charge is 0.339 e. The van der Waals surface area contributed by atoms with Crippen molar-refractivity contribution in [3.8, 4) is 5.75 Å². The van der Waals surface area contributed by atoms with Crippen molar-refractivity contribution in [3.63, 3.8) is 0 Å². The predicted octanol–water partition coefficient (Wildman–Crippen LogP) is 4.15. The first-order valence-electron chi connectivity index (χ1n) is 7.03. The average molecular weight is 300 g/mol. The van der Waals surface area contributed by atoms with Crippen molar-refractivity contribution in [1.29, 1.82) is 0 Å². The van der Waals surface area contributed by atoms with Gasteiger partial charge in [-0.1, -0.05) is 37.5 Å². The monoisotopic (exact) mass is 300 g/mol. The normalized spacial score (nSPS) is 11.0. The molecule has 0 spiro atoms. The molecule has 4 heteroatoms. The molecule has 0 saturated carbocycles. The van der Waals surface area contributed by atoms with Crippen LogP contribution in [0.3, 0.4) is 0 Å². The molecule has 1 aromatic heterocycles. The highest BCUT2D eigenvalue weighted by Crippen LogP contribution is 2.23. The molecule has 1 heterocycles. The second-order valence-corrected chi connectivity index (χ2v) is 11.0. The number of fused-ring (bicyclic) bond motifs is 1. The summed E-state index contributed by atoms with van der Waals surface area (Å²) in [4.78, 5) is 11.5. The minimum absolute atomic E-state index is 0.391. The largest absolute Gasteiger partial charge is 0.492 e. The third kappa shape index (κ3) is 4.78. The van der Waals surface area contributed by atoms with E-state index in [1.165, 1.54) is 6.07 Å². The maximum atomic E-state index is 11.5. The van der Waals surface area contributed by atoms with Crippen LogP contribution in [0, 0.1) is 0 Å². The Balaban J connectivity index is 2.04. The van der Waals surface area contributed by atoms with Crippen molar-refractivity contribution in [2.45, 2.75) is 26.1 Å². The molecule has 0 N–H and O–H groups in total. The molecule has 0 amide bonds. The second kappa shape index (κ2) is 6.61. The van der Waals surface area contributed by atoms with E-state index in [4.69, 9.17) is 9.15 Å². The van der Waals surface area contributed by atoms with Crippen LogP contribution in [0.25, 0.3) is 11.0 Å². The Bertz CT molecular complexity index is 732. The van der Waals surface area contributed by atoms with Crippen molar-refractivity contribution >= 4 is 19.0 Å². The van der Waals surface area contributed by atoms with Gasteiger partial charge in [0.05, 0.1) is 26.1 Å². The summed E-state index contributed by atoms with van der Waals surface area (Å²) in [5, 5.41) is 0.818. The molecule has 1 aromatic carbocycles. The lowest BCUT2D eigenvalue weighted by Crippen LogP contribution is -2.14. The first-order valence-corrected chi connectivity index (χ1v) is 10.6. The highest BCUT2D eigenvalue weighted by atomic mass is 28.3. The number of rotatable bonds is 5.